The monoisotopic (exact) mass is 575 g/mol. The number of aliphatic hydroxyl groups excluding tert-OH is 1. The van der Waals surface area contributed by atoms with Crippen LogP contribution < -0.4 is 15.4 Å². The van der Waals surface area contributed by atoms with Crippen molar-refractivity contribution in [3.05, 3.63) is 58.6 Å². The zero-order valence-electron chi connectivity index (χ0n) is 22.8. The Labute approximate surface area is 243 Å². The fourth-order valence-corrected chi connectivity index (χ4v) is 6.62. The van der Waals surface area contributed by atoms with Gasteiger partial charge >= 0.3 is 0 Å². The largest absolute Gasteiger partial charge is 0.504 e. The predicted molar refractivity (Wildman–Crippen MR) is 160 cm³/mol. The molecule has 0 bridgehead atoms. The minimum Gasteiger partial charge on any atom is -0.504 e. The minimum absolute atomic E-state index is 0.0515. The van der Waals surface area contributed by atoms with Crippen molar-refractivity contribution in [1.29, 1.82) is 0 Å². The number of aromatic nitrogens is 1. The zero-order valence-corrected chi connectivity index (χ0v) is 23.6. The van der Waals surface area contributed by atoms with Gasteiger partial charge in [0.2, 0.25) is 0 Å². The third-order valence-corrected chi connectivity index (χ3v) is 8.65. The number of halogens is 1. The maximum Gasteiger partial charge on any atom is 0.259 e. The normalized spacial score (nSPS) is 15.6. The average Bonchev–Trinajstić information content (AvgIpc) is 3.43. The van der Waals surface area contributed by atoms with E-state index in [9.17, 15) is 19.8 Å². The quantitative estimate of drug-likeness (QED) is 0.144. The van der Waals surface area contributed by atoms with Gasteiger partial charge in [0, 0.05) is 34.0 Å². The van der Waals surface area contributed by atoms with Crippen LogP contribution in [0.4, 0.5) is 0 Å². The van der Waals surface area contributed by atoms with Crippen LogP contribution in [0.5, 0.6) is 11.5 Å². The summed E-state index contributed by atoms with van der Waals surface area (Å²) in [7, 11) is 0. The molecule has 4 N–H and O–H groups in total. The average molecular weight is 576 g/mol. The van der Waals surface area contributed by atoms with Gasteiger partial charge < -0.3 is 24.8 Å². The number of carbonyl (C=O) groups excluding carboxylic acids is 2. The van der Waals surface area contributed by atoms with E-state index in [0.29, 0.717) is 50.3 Å². The summed E-state index contributed by atoms with van der Waals surface area (Å²) in [4.78, 5) is 26.1. The first-order valence-corrected chi connectivity index (χ1v) is 14.8. The summed E-state index contributed by atoms with van der Waals surface area (Å²) in [6.07, 6.45) is 7.41. The maximum absolute atomic E-state index is 13.1. The molecule has 3 aromatic carbocycles. The number of rotatable bonds is 10. The smallest absolute Gasteiger partial charge is 0.259 e. The van der Waals surface area contributed by atoms with E-state index in [0.717, 1.165) is 25.4 Å². The molecule has 9 heteroatoms. The summed E-state index contributed by atoms with van der Waals surface area (Å²) in [6, 6.07) is 12.3. The van der Waals surface area contributed by atoms with Gasteiger partial charge in [-0.05, 0) is 62.0 Å². The number of aromatic hydroxyl groups is 1. The van der Waals surface area contributed by atoms with Crippen molar-refractivity contribution in [3.8, 4) is 22.6 Å². The lowest BCUT2D eigenvalue weighted by Gasteiger charge is -2.21. The van der Waals surface area contributed by atoms with Crippen LogP contribution in [0.1, 0.15) is 59.2 Å². The van der Waals surface area contributed by atoms with E-state index in [2.05, 4.69) is 10.6 Å². The molecule has 0 saturated heterocycles. The van der Waals surface area contributed by atoms with Gasteiger partial charge in [0.15, 0.2) is 11.5 Å². The SMILES string of the molecule is O=C1NC(=O)c2c1c(-c1ccccc1Cl)cc1c2c2cc(O)c(OCCCNCC3CCCCC3)cc2n1CCO. The molecule has 1 saturated carbocycles. The highest BCUT2D eigenvalue weighted by molar-refractivity contribution is 6.36. The number of phenolic OH excluding ortho intramolecular Hbond substituents is 1. The second-order valence-corrected chi connectivity index (χ2v) is 11.4. The Kier molecular flexibility index (Phi) is 7.88. The van der Waals surface area contributed by atoms with Crippen LogP contribution in [0.3, 0.4) is 0 Å². The molecule has 1 aliphatic carbocycles. The Morgan fingerprint density at radius 3 is 2.56 bits per heavy atom. The summed E-state index contributed by atoms with van der Waals surface area (Å²) in [6.45, 7) is 2.40. The molecule has 214 valence electrons. The van der Waals surface area contributed by atoms with Crippen LogP contribution in [-0.4, -0.2) is 52.9 Å². The third kappa shape index (κ3) is 5.16. The van der Waals surface area contributed by atoms with Gasteiger partial charge in [-0.15, -0.1) is 0 Å². The topological polar surface area (TPSA) is 113 Å². The van der Waals surface area contributed by atoms with E-state index in [4.69, 9.17) is 16.3 Å². The molecule has 0 atom stereocenters. The van der Waals surface area contributed by atoms with E-state index in [1.54, 1.807) is 30.3 Å². The molecule has 6 rings (SSSR count). The summed E-state index contributed by atoms with van der Waals surface area (Å²) < 4.78 is 7.88. The fourth-order valence-electron chi connectivity index (χ4n) is 6.38. The first-order valence-electron chi connectivity index (χ1n) is 14.4. The van der Waals surface area contributed by atoms with E-state index in [1.807, 2.05) is 16.7 Å². The van der Waals surface area contributed by atoms with E-state index >= 15 is 0 Å². The maximum atomic E-state index is 13.1. The number of hydrogen-bond donors (Lipinski definition) is 4. The first kappa shape index (κ1) is 27.6. The molecular formula is C32H34ClN3O5. The number of fused-ring (bicyclic) bond motifs is 5. The van der Waals surface area contributed by atoms with Gasteiger partial charge in [0.05, 0.1) is 35.4 Å². The van der Waals surface area contributed by atoms with Gasteiger partial charge in [-0.1, -0.05) is 49.1 Å². The standard InChI is InChI=1S/C32H34ClN3O5/c33-23-10-5-4-9-20(23)21-15-25-28(30-29(21)31(39)35-32(30)40)22-16-26(38)27(17-24(22)36(25)12-13-37)41-14-6-11-34-18-19-7-2-1-3-8-19/h4-5,9-10,15-17,19,34,37-38H,1-3,6-8,11-14,18H2,(H,35,39,40). The number of nitrogens with zero attached hydrogens (tertiary/aromatic N) is 1. The number of carbonyl (C=O) groups is 2. The summed E-state index contributed by atoms with van der Waals surface area (Å²) in [5.74, 6) is 0.0418. The third-order valence-electron chi connectivity index (χ3n) is 8.32. The van der Waals surface area contributed by atoms with E-state index in [1.165, 1.54) is 32.1 Å². The fraction of sp³-hybridized carbons (Fsp3) is 0.375. The van der Waals surface area contributed by atoms with Crippen LogP contribution >= 0.6 is 11.6 Å². The molecule has 2 amide bonds. The lowest BCUT2D eigenvalue weighted by atomic mass is 9.89. The first-order chi connectivity index (χ1) is 20.0. The molecule has 0 unspecified atom stereocenters. The summed E-state index contributed by atoms with van der Waals surface area (Å²) in [5, 5.41) is 28.4. The second kappa shape index (κ2) is 11.7. The Morgan fingerprint density at radius 2 is 1.78 bits per heavy atom. The van der Waals surface area contributed by atoms with Gasteiger partial charge in [0.25, 0.3) is 11.8 Å². The van der Waals surface area contributed by atoms with E-state index in [-0.39, 0.29) is 30.0 Å². The molecule has 4 aromatic rings. The van der Waals surface area contributed by atoms with Crippen LogP contribution in [0, 0.1) is 5.92 Å². The van der Waals surface area contributed by atoms with Crippen LogP contribution in [0.2, 0.25) is 5.02 Å². The number of benzene rings is 3. The lowest BCUT2D eigenvalue weighted by molar-refractivity contribution is 0.0880. The molecule has 8 nitrogen and oxygen atoms in total. The Hall–Kier alpha value is -3.59. The molecule has 1 aromatic heterocycles. The number of imide groups is 1. The summed E-state index contributed by atoms with van der Waals surface area (Å²) in [5.41, 5.74) is 2.98. The van der Waals surface area contributed by atoms with Gasteiger partial charge in [-0.3, -0.25) is 14.9 Å². The van der Waals surface area contributed by atoms with Gasteiger partial charge in [-0.2, -0.15) is 0 Å². The van der Waals surface area contributed by atoms with Crippen molar-refractivity contribution in [3.63, 3.8) is 0 Å². The molecule has 0 radical (unpaired) electrons. The number of phenols is 1. The molecular weight excluding hydrogens is 542 g/mol. The van der Waals surface area contributed by atoms with E-state index < -0.39 is 11.8 Å². The lowest BCUT2D eigenvalue weighted by Crippen LogP contribution is -2.26. The number of aliphatic hydroxyl groups is 1. The summed E-state index contributed by atoms with van der Waals surface area (Å²) >= 11 is 6.52. The molecule has 0 spiro atoms. The Bertz CT molecular complexity index is 1640. The molecule has 1 fully saturated rings. The van der Waals surface area contributed by atoms with Crippen molar-refractivity contribution >= 4 is 45.2 Å². The molecule has 2 aliphatic rings. The predicted octanol–water partition coefficient (Wildman–Crippen LogP) is 5.64. The second-order valence-electron chi connectivity index (χ2n) is 11.0. The van der Waals surface area contributed by atoms with Gasteiger partial charge in [0.1, 0.15) is 0 Å². The van der Waals surface area contributed by atoms with Crippen molar-refractivity contribution in [2.24, 2.45) is 5.92 Å². The highest BCUT2D eigenvalue weighted by Crippen LogP contribution is 2.44. The van der Waals surface area contributed by atoms with Crippen LogP contribution in [0.15, 0.2) is 42.5 Å². The Balaban J connectivity index is 1.35. The number of hydrogen-bond acceptors (Lipinski definition) is 6. The minimum atomic E-state index is -0.507. The van der Waals surface area contributed by atoms with Crippen LogP contribution in [0.25, 0.3) is 32.9 Å². The molecule has 1 aliphatic heterocycles. The van der Waals surface area contributed by atoms with Crippen molar-refractivity contribution < 1.29 is 24.5 Å². The van der Waals surface area contributed by atoms with Crippen molar-refractivity contribution in [2.45, 2.75) is 45.1 Å². The molecule has 41 heavy (non-hydrogen) atoms. The molecule has 2 heterocycles. The Morgan fingerprint density at radius 1 is 1.00 bits per heavy atom. The highest BCUT2D eigenvalue weighted by Gasteiger charge is 2.35. The van der Waals surface area contributed by atoms with Crippen molar-refractivity contribution in [1.82, 2.24) is 15.2 Å². The number of nitrogens with one attached hydrogen (secondary N) is 2. The number of ether oxygens (including phenoxy) is 1. The van der Waals surface area contributed by atoms with Crippen molar-refractivity contribution in [2.75, 3.05) is 26.3 Å². The van der Waals surface area contributed by atoms with Gasteiger partial charge in [-0.25, -0.2) is 0 Å². The number of amides is 2. The van der Waals surface area contributed by atoms with Crippen LogP contribution in [-0.2, 0) is 6.54 Å². The highest BCUT2D eigenvalue weighted by atomic mass is 35.5. The zero-order chi connectivity index (χ0) is 28.5.